The molecular formula is C12H12F3NO3. The summed E-state index contributed by atoms with van der Waals surface area (Å²) in [7, 11) is 0. The summed E-state index contributed by atoms with van der Waals surface area (Å²) in [6, 6.07) is 1.70. The lowest BCUT2D eigenvalue weighted by Crippen LogP contribution is -2.32. The van der Waals surface area contributed by atoms with E-state index in [4.69, 9.17) is 0 Å². The third-order valence-corrected chi connectivity index (χ3v) is 2.20. The standard InChI is InChI=1S/C12H12F3NO3/c1-2-19-10(18)6-16-9(17)5-7-3-4-8(13)12(15)11(7)14/h3-4H,2,5-6H2,1H3,(H,16,17). The van der Waals surface area contributed by atoms with Crippen molar-refractivity contribution in [3.05, 3.63) is 35.1 Å². The van der Waals surface area contributed by atoms with Gasteiger partial charge in [0.15, 0.2) is 17.5 Å². The van der Waals surface area contributed by atoms with Crippen molar-refractivity contribution >= 4 is 11.9 Å². The number of carbonyl (C=O) groups excluding carboxylic acids is 2. The first kappa shape index (κ1) is 15.0. The zero-order valence-electron chi connectivity index (χ0n) is 10.1. The highest BCUT2D eigenvalue weighted by Crippen LogP contribution is 2.15. The minimum Gasteiger partial charge on any atom is -0.465 e. The van der Waals surface area contributed by atoms with E-state index >= 15 is 0 Å². The molecule has 0 spiro atoms. The van der Waals surface area contributed by atoms with E-state index in [1.165, 1.54) is 0 Å². The van der Waals surface area contributed by atoms with Crippen LogP contribution in [0.3, 0.4) is 0 Å². The van der Waals surface area contributed by atoms with Crippen molar-refractivity contribution in [1.29, 1.82) is 0 Å². The minimum absolute atomic E-state index is 0.173. The van der Waals surface area contributed by atoms with Crippen LogP contribution in [0.5, 0.6) is 0 Å². The molecule has 1 rings (SSSR count). The Morgan fingerprint density at radius 2 is 1.89 bits per heavy atom. The van der Waals surface area contributed by atoms with Crippen LogP contribution in [0.15, 0.2) is 12.1 Å². The van der Waals surface area contributed by atoms with Gasteiger partial charge in [-0.1, -0.05) is 6.07 Å². The second-order valence-electron chi connectivity index (χ2n) is 3.59. The Morgan fingerprint density at radius 1 is 1.21 bits per heavy atom. The largest absolute Gasteiger partial charge is 0.465 e. The molecule has 0 fully saturated rings. The summed E-state index contributed by atoms with van der Waals surface area (Å²) in [5.41, 5.74) is -0.291. The topological polar surface area (TPSA) is 55.4 Å². The molecule has 0 aliphatic heterocycles. The zero-order chi connectivity index (χ0) is 14.4. The Kier molecular flexibility index (Phi) is 5.35. The molecule has 0 saturated carbocycles. The quantitative estimate of drug-likeness (QED) is 0.651. The number of hydrogen-bond acceptors (Lipinski definition) is 3. The zero-order valence-corrected chi connectivity index (χ0v) is 10.1. The van der Waals surface area contributed by atoms with Crippen molar-refractivity contribution in [2.24, 2.45) is 0 Å². The van der Waals surface area contributed by atoms with E-state index in [1.807, 2.05) is 0 Å². The smallest absolute Gasteiger partial charge is 0.325 e. The van der Waals surface area contributed by atoms with Crippen LogP contribution in [-0.4, -0.2) is 25.0 Å². The molecule has 0 unspecified atom stereocenters. The van der Waals surface area contributed by atoms with Gasteiger partial charge in [0, 0.05) is 5.56 Å². The van der Waals surface area contributed by atoms with Crippen LogP contribution in [0.4, 0.5) is 13.2 Å². The summed E-state index contributed by atoms with van der Waals surface area (Å²) in [5.74, 6) is -5.70. The van der Waals surface area contributed by atoms with Gasteiger partial charge in [-0.2, -0.15) is 0 Å². The molecular weight excluding hydrogens is 263 g/mol. The lowest BCUT2D eigenvalue weighted by atomic mass is 10.1. The number of esters is 1. The number of rotatable bonds is 5. The number of halogens is 3. The van der Waals surface area contributed by atoms with Gasteiger partial charge in [0.05, 0.1) is 13.0 Å². The van der Waals surface area contributed by atoms with E-state index in [2.05, 4.69) is 10.1 Å². The molecule has 0 bridgehead atoms. The van der Waals surface area contributed by atoms with Crippen molar-refractivity contribution in [1.82, 2.24) is 5.32 Å². The Balaban J connectivity index is 2.58. The Bertz CT molecular complexity index is 491. The summed E-state index contributed by atoms with van der Waals surface area (Å²) in [4.78, 5) is 22.3. The normalized spacial score (nSPS) is 10.1. The SMILES string of the molecule is CCOC(=O)CNC(=O)Cc1ccc(F)c(F)c1F. The molecule has 0 radical (unpaired) electrons. The Labute approximate surface area is 107 Å². The maximum atomic E-state index is 13.3. The highest BCUT2D eigenvalue weighted by molar-refractivity contribution is 5.83. The van der Waals surface area contributed by atoms with Gasteiger partial charge in [0.1, 0.15) is 6.54 Å². The van der Waals surface area contributed by atoms with Crippen molar-refractivity contribution in [3.63, 3.8) is 0 Å². The van der Waals surface area contributed by atoms with E-state index < -0.39 is 35.7 Å². The summed E-state index contributed by atoms with van der Waals surface area (Å²) < 4.78 is 43.4. The molecule has 1 aromatic rings. The molecule has 0 saturated heterocycles. The van der Waals surface area contributed by atoms with Crippen LogP contribution < -0.4 is 5.32 Å². The van der Waals surface area contributed by atoms with Crippen LogP contribution in [0, 0.1) is 17.5 Å². The van der Waals surface area contributed by atoms with Crippen LogP contribution in [-0.2, 0) is 20.7 Å². The van der Waals surface area contributed by atoms with Crippen molar-refractivity contribution in [2.45, 2.75) is 13.3 Å². The van der Waals surface area contributed by atoms with E-state index in [1.54, 1.807) is 6.92 Å². The van der Waals surface area contributed by atoms with Crippen molar-refractivity contribution < 1.29 is 27.5 Å². The fourth-order valence-electron chi connectivity index (χ4n) is 1.32. The number of nitrogens with one attached hydrogen (secondary N) is 1. The summed E-state index contributed by atoms with van der Waals surface area (Å²) in [5, 5.41) is 2.18. The summed E-state index contributed by atoms with van der Waals surface area (Å²) in [6.45, 7) is 1.42. The first-order valence-electron chi connectivity index (χ1n) is 5.50. The van der Waals surface area contributed by atoms with E-state index in [-0.39, 0.29) is 18.7 Å². The second-order valence-corrected chi connectivity index (χ2v) is 3.59. The molecule has 0 aliphatic carbocycles. The third-order valence-electron chi connectivity index (χ3n) is 2.20. The van der Waals surface area contributed by atoms with Gasteiger partial charge in [-0.25, -0.2) is 13.2 Å². The number of hydrogen-bond donors (Lipinski definition) is 1. The van der Waals surface area contributed by atoms with Gasteiger partial charge in [-0.05, 0) is 13.0 Å². The van der Waals surface area contributed by atoms with Crippen molar-refractivity contribution in [3.8, 4) is 0 Å². The molecule has 0 atom stereocenters. The van der Waals surface area contributed by atoms with Crippen LogP contribution in [0.2, 0.25) is 0 Å². The number of ether oxygens (including phenoxy) is 1. The van der Waals surface area contributed by atoms with E-state index in [9.17, 15) is 22.8 Å². The molecule has 0 heterocycles. The maximum absolute atomic E-state index is 13.3. The lowest BCUT2D eigenvalue weighted by molar-refractivity contribution is -0.143. The molecule has 1 amide bonds. The fraction of sp³-hybridized carbons (Fsp3) is 0.333. The molecule has 0 aliphatic rings. The van der Waals surface area contributed by atoms with E-state index in [0.717, 1.165) is 12.1 Å². The van der Waals surface area contributed by atoms with Crippen molar-refractivity contribution in [2.75, 3.05) is 13.2 Å². The molecule has 0 aromatic heterocycles. The predicted molar refractivity (Wildman–Crippen MR) is 59.7 cm³/mol. The first-order valence-corrected chi connectivity index (χ1v) is 5.50. The number of benzene rings is 1. The summed E-state index contributed by atoms with van der Waals surface area (Å²) >= 11 is 0. The minimum atomic E-state index is -1.63. The number of amides is 1. The van der Waals surface area contributed by atoms with Gasteiger partial charge in [-0.15, -0.1) is 0 Å². The highest BCUT2D eigenvalue weighted by atomic mass is 19.2. The Morgan fingerprint density at radius 3 is 2.53 bits per heavy atom. The monoisotopic (exact) mass is 275 g/mol. The van der Waals surface area contributed by atoms with Crippen LogP contribution >= 0.6 is 0 Å². The highest BCUT2D eigenvalue weighted by Gasteiger charge is 2.16. The van der Waals surface area contributed by atoms with Gasteiger partial charge >= 0.3 is 5.97 Å². The number of carbonyl (C=O) groups is 2. The fourth-order valence-corrected chi connectivity index (χ4v) is 1.32. The third kappa shape index (κ3) is 4.27. The molecule has 1 aromatic carbocycles. The van der Waals surface area contributed by atoms with Gasteiger partial charge in [0.2, 0.25) is 5.91 Å². The average Bonchev–Trinajstić information content (AvgIpc) is 2.37. The van der Waals surface area contributed by atoms with Gasteiger partial charge < -0.3 is 10.1 Å². The molecule has 19 heavy (non-hydrogen) atoms. The van der Waals surface area contributed by atoms with Crippen LogP contribution in [0.25, 0.3) is 0 Å². The molecule has 1 N–H and O–H groups in total. The average molecular weight is 275 g/mol. The summed E-state index contributed by atoms with van der Waals surface area (Å²) in [6.07, 6.45) is -0.498. The molecule has 4 nitrogen and oxygen atoms in total. The van der Waals surface area contributed by atoms with E-state index in [0.29, 0.717) is 0 Å². The predicted octanol–water partition coefficient (Wildman–Crippen LogP) is 1.33. The maximum Gasteiger partial charge on any atom is 0.325 e. The van der Waals surface area contributed by atoms with Gasteiger partial charge in [-0.3, -0.25) is 9.59 Å². The first-order chi connectivity index (χ1) is 8.95. The molecule has 104 valence electrons. The second kappa shape index (κ2) is 6.77. The van der Waals surface area contributed by atoms with Gasteiger partial charge in [0.25, 0.3) is 0 Å². The Hall–Kier alpha value is -2.05. The molecule has 7 heteroatoms. The van der Waals surface area contributed by atoms with Crippen LogP contribution in [0.1, 0.15) is 12.5 Å². The lowest BCUT2D eigenvalue weighted by Gasteiger charge is -2.06.